The second-order valence-electron chi connectivity index (χ2n) is 9.89. The van der Waals surface area contributed by atoms with Crippen molar-refractivity contribution in [3.05, 3.63) is 95.3 Å². The summed E-state index contributed by atoms with van der Waals surface area (Å²) in [5, 5.41) is 18.4. The van der Waals surface area contributed by atoms with Crippen molar-refractivity contribution in [3.63, 3.8) is 0 Å². The highest BCUT2D eigenvalue weighted by Crippen LogP contribution is 2.35. The van der Waals surface area contributed by atoms with E-state index in [4.69, 9.17) is 24.1 Å². The smallest absolute Gasteiger partial charge is 0.338 e. The summed E-state index contributed by atoms with van der Waals surface area (Å²) in [6, 6.07) is 13.8. The number of amides is 3. The average Bonchev–Trinajstić information content (AvgIpc) is 3.03. The Bertz CT molecular complexity index is 1720. The number of nitrogens with one attached hydrogen (secondary N) is 3. The molecule has 0 aliphatic carbocycles. The Morgan fingerprint density at radius 1 is 1.02 bits per heavy atom. The summed E-state index contributed by atoms with van der Waals surface area (Å²) in [5.74, 6) is -0.828. The summed E-state index contributed by atoms with van der Waals surface area (Å²) in [4.78, 5) is 48.3. The number of nitrogens with zero attached hydrogens (tertiary/aromatic N) is 1. The van der Waals surface area contributed by atoms with E-state index >= 15 is 0 Å². The number of halogens is 2. The molecule has 4 N–H and O–H groups in total. The van der Waals surface area contributed by atoms with Gasteiger partial charge in [-0.3, -0.25) is 4.79 Å². The van der Waals surface area contributed by atoms with Gasteiger partial charge in [0.2, 0.25) is 0 Å². The van der Waals surface area contributed by atoms with Gasteiger partial charge in [0.15, 0.2) is 18.1 Å². The van der Waals surface area contributed by atoms with E-state index in [0.29, 0.717) is 17.0 Å². The van der Waals surface area contributed by atoms with Gasteiger partial charge in [0.05, 0.1) is 44.3 Å². The van der Waals surface area contributed by atoms with Crippen LogP contribution < -0.4 is 30.3 Å². The van der Waals surface area contributed by atoms with Crippen molar-refractivity contribution >= 4 is 75.3 Å². The Morgan fingerprint density at radius 2 is 1.72 bits per heavy atom. The fourth-order valence-electron chi connectivity index (χ4n) is 4.45. The van der Waals surface area contributed by atoms with Crippen LogP contribution in [-0.4, -0.2) is 55.5 Å². The quantitative estimate of drug-likeness (QED) is 0.0807. The SMILES string of the molecule is CCOC(=O)C1=C(C)NC(=O)N[C@H]1c1ccc(OCC(=O)N/N=C\c2cc(I)c(OCc3ccc(C(=O)O)cc3)c(I)c2)c(OC)c1. The van der Waals surface area contributed by atoms with Gasteiger partial charge in [-0.05, 0) is 112 Å². The van der Waals surface area contributed by atoms with E-state index in [1.54, 1.807) is 44.2 Å². The van der Waals surface area contributed by atoms with Crippen molar-refractivity contribution in [2.24, 2.45) is 5.10 Å². The molecular weight excluding hydrogens is 838 g/mol. The van der Waals surface area contributed by atoms with Crippen LogP contribution >= 0.6 is 45.2 Å². The maximum absolute atomic E-state index is 12.6. The number of benzene rings is 3. The first-order valence-electron chi connectivity index (χ1n) is 14.0. The minimum atomic E-state index is -0.986. The number of methoxy groups -OCH3 is 1. The number of aromatic carboxylic acids is 1. The van der Waals surface area contributed by atoms with Gasteiger partial charge in [-0.1, -0.05) is 18.2 Å². The zero-order chi connectivity index (χ0) is 34.1. The largest absolute Gasteiger partial charge is 0.493 e. The molecule has 246 valence electrons. The molecule has 4 rings (SSSR count). The van der Waals surface area contributed by atoms with E-state index in [9.17, 15) is 19.2 Å². The number of carbonyl (C=O) groups is 4. The lowest BCUT2D eigenvalue weighted by Crippen LogP contribution is -2.45. The van der Waals surface area contributed by atoms with Crippen LogP contribution in [0.3, 0.4) is 0 Å². The molecule has 3 aromatic carbocycles. The molecule has 13 nitrogen and oxygen atoms in total. The second kappa shape index (κ2) is 16.4. The van der Waals surface area contributed by atoms with Gasteiger partial charge in [-0.15, -0.1) is 0 Å². The molecule has 1 heterocycles. The zero-order valence-corrected chi connectivity index (χ0v) is 29.7. The van der Waals surface area contributed by atoms with E-state index in [1.807, 2.05) is 12.1 Å². The number of hydrazone groups is 1. The first kappa shape index (κ1) is 35.5. The lowest BCUT2D eigenvalue weighted by Gasteiger charge is -2.28. The number of allylic oxidation sites excluding steroid dienone is 1. The summed E-state index contributed by atoms with van der Waals surface area (Å²) >= 11 is 4.30. The number of hydrogen-bond donors (Lipinski definition) is 4. The number of hydrogen-bond acceptors (Lipinski definition) is 9. The minimum Gasteiger partial charge on any atom is -0.493 e. The molecule has 0 bridgehead atoms. The molecule has 1 aliphatic rings. The molecule has 0 radical (unpaired) electrons. The van der Waals surface area contributed by atoms with Crippen LogP contribution in [0.4, 0.5) is 4.79 Å². The van der Waals surface area contributed by atoms with Gasteiger partial charge in [0, 0.05) is 5.70 Å². The third-order valence-electron chi connectivity index (χ3n) is 6.65. The van der Waals surface area contributed by atoms with E-state index in [0.717, 1.165) is 18.3 Å². The van der Waals surface area contributed by atoms with Gasteiger partial charge in [-0.25, -0.2) is 19.8 Å². The molecule has 15 heteroatoms. The van der Waals surface area contributed by atoms with Gasteiger partial charge < -0.3 is 34.7 Å². The van der Waals surface area contributed by atoms with Crippen LogP contribution in [0.2, 0.25) is 0 Å². The maximum Gasteiger partial charge on any atom is 0.338 e. The number of urea groups is 1. The normalized spacial score (nSPS) is 14.2. The third-order valence-corrected chi connectivity index (χ3v) is 8.25. The first-order chi connectivity index (χ1) is 22.5. The van der Waals surface area contributed by atoms with Gasteiger partial charge >= 0.3 is 18.0 Å². The number of rotatable bonds is 13. The summed E-state index contributed by atoms with van der Waals surface area (Å²) in [5.41, 5.74) is 5.39. The van der Waals surface area contributed by atoms with Crippen LogP contribution in [0.5, 0.6) is 17.2 Å². The molecule has 0 aromatic heterocycles. The molecule has 1 aliphatic heterocycles. The first-order valence-corrected chi connectivity index (χ1v) is 16.2. The summed E-state index contributed by atoms with van der Waals surface area (Å²) < 4.78 is 23.9. The maximum atomic E-state index is 12.6. The van der Waals surface area contributed by atoms with Crippen molar-refractivity contribution < 1.29 is 43.2 Å². The summed E-state index contributed by atoms with van der Waals surface area (Å²) in [6.45, 7) is 3.39. The Kier molecular flexibility index (Phi) is 12.4. The highest BCUT2D eigenvalue weighted by Gasteiger charge is 2.32. The topological polar surface area (TPSA) is 174 Å². The predicted molar refractivity (Wildman–Crippen MR) is 188 cm³/mol. The van der Waals surface area contributed by atoms with E-state index < -0.39 is 29.9 Å². The van der Waals surface area contributed by atoms with Crippen LogP contribution in [0.25, 0.3) is 0 Å². The molecule has 0 unspecified atom stereocenters. The monoisotopic (exact) mass is 868 g/mol. The lowest BCUT2D eigenvalue weighted by molar-refractivity contribution is -0.139. The molecule has 0 saturated heterocycles. The van der Waals surface area contributed by atoms with Gasteiger partial charge in [0.1, 0.15) is 12.4 Å². The summed E-state index contributed by atoms with van der Waals surface area (Å²) in [7, 11) is 1.43. The average molecular weight is 868 g/mol. The van der Waals surface area contributed by atoms with Crippen molar-refractivity contribution in [1.29, 1.82) is 0 Å². The van der Waals surface area contributed by atoms with E-state index in [2.05, 4.69) is 66.3 Å². The van der Waals surface area contributed by atoms with Crippen LogP contribution in [-0.2, 0) is 20.9 Å². The number of carboxylic acids is 1. The van der Waals surface area contributed by atoms with Gasteiger partial charge in [-0.2, -0.15) is 5.10 Å². The molecule has 0 spiro atoms. The van der Waals surface area contributed by atoms with Crippen molar-refractivity contribution in [2.75, 3.05) is 20.3 Å². The number of carboxylic acid groups (broad SMARTS) is 1. The van der Waals surface area contributed by atoms with Crippen LogP contribution in [0.15, 0.2) is 71.0 Å². The Morgan fingerprint density at radius 3 is 2.36 bits per heavy atom. The van der Waals surface area contributed by atoms with Gasteiger partial charge in [0.25, 0.3) is 5.91 Å². The number of esters is 1. The molecular formula is C32H30I2N4O9. The molecule has 0 saturated carbocycles. The van der Waals surface area contributed by atoms with Crippen LogP contribution in [0.1, 0.15) is 46.9 Å². The van der Waals surface area contributed by atoms with Crippen LogP contribution in [0, 0.1) is 7.14 Å². The Hall–Kier alpha value is -4.39. The van der Waals surface area contributed by atoms with E-state index in [-0.39, 0.29) is 42.5 Å². The van der Waals surface area contributed by atoms with Crippen molar-refractivity contribution in [3.8, 4) is 17.2 Å². The summed E-state index contributed by atoms with van der Waals surface area (Å²) in [6.07, 6.45) is 1.50. The van der Waals surface area contributed by atoms with Crippen molar-refractivity contribution in [1.82, 2.24) is 16.1 Å². The highest BCUT2D eigenvalue weighted by atomic mass is 127. The molecule has 0 fully saturated rings. The number of ether oxygens (including phenoxy) is 4. The fourth-order valence-corrected chi connectivity index (χ4v) is 6.58. The molecule has 3 aromatic rings. The molecule has 47 heavy (non-hydrogen) atoms. The Labute approximate surface area is 297 Å². The van der Waals surface area contributed by atoms with E-state index in [1.165, 1.54) is 25.5 Å². The minimum absolute atomic E-state index is 0.175. The second-order valence-corrected chi connectivity index (χ2v) is 12.2. The number of carbonyl (C=O) groups excluding carboxylic acids is 3. The molecule has 1 atom stereocenters. The zero-order valence-electron chi connectivity index (χ0n) is 25.4. The standard InChI is InChI=1S/C32H30I2N4O9/c1-4-45-31(42)27-17(2)36-32(43)37-28(27)21-9-10-24(25(13-21)44-3)46-16-26(39)38-35-14-19-11-22(33)29(23(34)12-19)47-15-18-5-7-20(8-6-18)30(40)41/h5-14,28H,4,15-16H2,1-3H3,(H,38,39)(H,40,41)(H2,36,37,43)/b35-14-/t28-/m0/s1. The lowest BCUT2D eigenvalue weighted by atomic mass is 9.95. The Balaban J connectivity index is 1.34. The third kappa shape index (κ3) is 9.34. The molecule has 3 amide bonds. The van der Waals surface area contributed by atoms with Crippen molar-refractivity contribution in [2.45, 2.75) is 26.5 Å². The fraction of sp³-hybridized carbons (Fsp3) is 0.219. The predicted octanol–water partition coefficient (Wildman–Crippen LogP) is 4.90. The highest BCUT2D eigenvalue weighted by molar-refractivity contribution is 14.1.